The molecule has 0 aliphatic heterocycles. The van der Waals surface area contributed by atoms with Gasteiger partial charge < -0.3 is 19.7 Å². The fraction of sp³-hybridized carbons (Fsp3) is 0.371. The highest BCUT2D eigenvalue weighted by atomic mass is 16.5. The minimum absolute atomic E-state index is 0.0363. The van der Waals surface area contributed by atoms with Crippen molar-refractivity contribution in [2.45, 2.75) is 57.8 Å². The van der Waals surface area contributed by atoms with E-state index in [2.05, 4.69) is 80.7 Å². The molecule has 0 amide bonds. The van der Waals surface area contributed by atoms with E-state index in [1.165, 1.54) is 35.1 Å². The molecule has 0 saturated heterocycles. The Morgan fingerprint density at radius 1 is 0.732 bits per heavy atom. The third-order valence-corrected chi connectivity index (χ3v) is 7.26. The lowest BCUT2D eigenvalue weighted by Gasteiger charge is -2.19. The van der Waals surface area contributed by atoms with Crippen LogP contribution in [0.1, 0.15) is 62.5 Å². The van der Waals surface area contributed by atoms with Crippen LogP contribution in [0.2, 0.25) is 0 Å². The standard InChI is InChI=1S/C35H42O6/c1-4-5-8-27-11-13-29(14-12-27)31-16-18-32-21-30(15-17-33(32)22-31)28(9-6-19-40-34(38)25(2)23-36)10-7-20-41-35(39)26(3)24-37/h11-18,21-22,28,36-37H,2-10,19-20,23-24H2,1H3. The third kappa shape index (κ3) is 9.69. The van der Waals surface area contributed by atoms with E-state index in [0.717, 1.165) is 30.0 Å². The zero-order valence-corrected chi connectivity index (χ0v) is 24.1. The zero-order valence-electron chi connectivity index (χ0n) is 24.1. The molecular formula is C35H42O6. The van der Waals surface area contributed by atoms with E-state index in [1.807, 2.05) is 0 Å². The molecule has 0 bridgehead atoms. The molecule has 6 heteroatoms. The van der Waals surface area contributed by atoms with Gasteiger partial charge in [0.25, 0.3) is 0 Å². The van der Waals surface area contributed by atoms with Crippen LogP contribution in [0.15, 0.2) is 85.0 Å². The number of carbonyl (C=O) groups is 2. The molecule has 0 aliphatic carbocycles. The summed E-state index contributed by atoms with van der Waals surface area (Å²) in [7, 11) is 0. The number of carbonyl (C=O) groups excluding carboxylic acids is 2. The number of fused-ring (bicyclic) bond motifs is 1. The molecule has 0 aliphatic rings. The van der Waals surface area contributed by atoms with Gasteiger partial charge in [-0.1, -0.05) is 81.1 Å². The van der Waals surface area contributed by atoms with E-state index in [0.29, 0.717) is 12.8 Å². The SMILES string of the molecule is C=C(CO)C(=O)OCCCC(CCCOC(=O)C(=C)CO)c1ccc2cc(-c3ccc(CCCC)cc3)ccc2c1. The lowest BCUT2D eigenvalue weighted by Crippen LogP contribution is -2.12. The Morgan fingerprint density at radius 2 is 1.27 bits per heavy atom. The second kappa shape index (κ2) is 16.5. The fourth-order valence-corrected chi connectivity index (χ4v) is 4.74. The summed E-state index contributed by atoms with van der Waals surface area (Å²) in [5.74, 6) is -1.01. The van der Waals surface area contributed by atoms with E-state index in [4.69, 9.17) is 19.7 Å². The Hall–Kier alpha value is -3.74. The smallest absolute Gasteiger partial charge is 0.335 e. The molecule has 0 spiro atoms. The van der Waals surface area contributed by atoms with Gasteiger partial charge in [-0.15, -0.1) is 0 Å². The Bertz CT molecular complexity index is 1290. The molecule has 0 aromatic heterocycles. The highest BCUT2D eigenvalue weighted by Gasteiger charge is 2.15. The van der Waals surface area contributed by atoms with Crippen molar-refractivity contribution in [1.82, 2.24) is 0 Å². The van der Waals surface area contributed by atoms with E-state index < -0.39 is 25.2 Å². The molecular weight excluding hydrogens is 516 g/mol. The summed E-state index contributed by atoms with van der Waals surface area (Å²) in [5.41, 5.74) is 4.99. The minimum Gasteiger partial charge on any atom is -0.462 e. The summed E-state index contributed by atoms with van der Waals surface area (Å²) < 4.78 is 10.5. The number of rotatable bonds is 17. The topological polar surface area (TPSA) is 93.1 Å². The molecule has 6 nitrogen and oxygen atoms in total. The largest absolute Gasteiger partial charge is 0.462 e. The van der Waals surface area contributed by atoms with Gasteiger partial charge >= 0.3 is 11.9 Å². The fourth-order valence-electron chi connectivity index (χ4n) is 4.74. The van der Waals surface area contributed by atoms with Crippen LogP contribution >= 0.6 is 0 Å². The van der Waals surface area contributed by atoms with Crippen LogP contribution in [0.25, 0.3) is 21.9 Å². The summed E-state index contributed by atoms with van der Waals surface area (Å²) in [6, 6.07) is 21.9. The summed E-state index contributed by atoms with van der Waals surface area (Å²) >= 11 is 0. The zero-order chi connectivity index (χ0) is 29.6. The number of hydrogen-bond donors (Lipinski definition) is 2. The summed E-state index contributed by atoms with van der Waals surface area (Å²) in [6.07, 6.45) is 6.32. The Labute approximate surface area is 243 Å². The minimum atomic E-state index is -0.586. The number of esters is 2. The first-order valence-corrected chi connectivity index (χ1v) is 14.4. The van der Waals surface area contributed by atoms with Gasteiger partial charge in [-0.05, 0) is 83.5 Å². The van der Waals surface area contributed by atoms with Gasteiger partial charge in [-0.3, -0.25) is 0 Å². The molecule has 3 aromatic rings. The van der Waals surface area contributed by atoms with Gasteiger partial charge in [0.1, 0.15) is 0 Å². The van der Waals surface area contributed by atoms with E-state index in [-0.39, 0.29) is 30.3 Å². The predicted molar refractivity (Wildman–Crippen MR) is 164 cm³/mol. The second-order valence-electron chi connectivity index (χ2n) is 10.4. The molecule has 3 rings (SSSR count). The van der Waals surface area contributed by atoms with Crippen LogP contribution in [-0.4, -0.2) is 48.6 Å². The van der Waals surface area contributed by atoms with E-state index >= 15 is 0 Å². The second-order valence-corrected chi connectivity index (χ2v) is 10.4. The van der Waals surface area contributed by atoms with Gasteiger partial charge in [0, 0.05) is 0 Å². The molecule has 0 radical (unpaired) electrons. The quantitative estimate of drug-likeness (QED) is 0.109. The Kier molecular flexibility index (Phi) is 12.8. The van der Waals surface area contributed by atoms with Crippen molar-refractivity contribution in [1.29, 1.82) is 0 Å². The van der Waals surface area contributed by atoms with Crippen LogP contribution < -0.4 is 0 Å². The van der Waals surface area contributed by atoms with Crippen LogP contribution in [0.4, 0.5) is 0 Å². The number of aliphatic hydroxyl groups excluding tert-OH is 2. The molecule has 0 saturated carbocycles. The van der Waals surface area contributed by atoms with Crippen molar-refractivity contribution in [3.63, 3.8) is 0 Å². The van der Waals surface area contributed by atoms with Crippen LogP contribution in [0.5, 0.6) is 0 Å². The molecule has 2 N–H and O–H groups in total. The van der Waals surface area contributed by atoms with Crippen molar-refractivity contribution in [3.05, 3.63) is 96.1 Å². The monoisotopic (exact) mass is 558 g/mol. The third-order valence-electron chi connectivity index (χ3n) is 7.26. The highest BCUT2D eigenvalue weighted by Crippen LogP contribution is 2.31. The van der Waals surface area contributed by atoms with Crippen molar-refractivity contribution < 1.29 is 29.3 Å². The Balaban J connectivity index is 1.70. The molecule has 0 fully saturated rings. The van der Waals surface area contributed by atoms with E-state index in [9.17, 15) is 9.59 Å². The maximum atomic E-state index is 11.8. The number of aryl methyl sites for hydroxylation is 1. The van der Waals surface area contributed by atoms with Gasteiger partial charge in [0.2, 0.25) is 0 Å². The van der Waals surface area contributed by atoms with Crippen molar-refractivity contribution in [2.24, 2.45) is 0 Å². The maximum absolute atomic E-state index is 11.8. The first kappa shape index (κ1) is 31.8. The van der Waals surface area contributed by atoms with Gasteiger partial charge in [0.15, 0.2) is 0 Å². The molecule has 0 heterocycles. The number of hydrogen-bond acceptors (Lipinski definition) is 6. The summed E-state index contributed by atoms with van der Waals surface area (Å²) in [6.45, 7) is 8.82. The van der Waals surface area contributed by atoms with Crippen molar-refractivity contribution >= 4 is 22.7 Å². The summed E-state index contributed by atoms with van der Waals surface area (Å²) in [5, 5.41) is 20.4. The number of aliphatic hydroxyl groups is 2. The number of ether oxygens (including phenoxy) is 2. The summed E-state index contributed by atoms with van der Waals surface area (Å²) in [4.78, 5) is 23.6. The first-order valence-electron chi connectivity index (χ1n) is 14.4. The molecule has 0 atom stereocenters. The molecule has 3 aromatic carbocycles. The molecule has 0 unspecified atom stereocenters. The maximum Gasteiger partial charge on any atom is 0.335 e. The van der Waals surface area contributed by atoms with E-state index in [1.54, 1.807) is 0 Å². The van der Waals surface area contributed by atoms with Crippen molar-refractivity contribution in [2.75, 3.05) is 26.4 Å². The highest BCUT2D eigenvalue weighted by molar-refractivity contribution is 5.89. The van der Waals surface area contributed by atoms with Crippen LogP contribution in [-0.2, 0) is 25.5 Å². The van der Waals surface area contributed by atoms with Gasteiger partial charge in [-0.2, -0.15) is 0 Å². The number of benzene rings is 3. The molecule has 41 heavy (non-hydrogen) atoms. The van der Waals surface area contributed by atoms with Crippen LogP contribution in [0, 0.1) is 0 Å². The predicted octanol–water partition coefficient (Wildman–Crippen LogP) is 6.68. The Morgan fingerprint density at radius 3 is 1.83 bits per heavy atom. The first-order chi connectivity index (χ1) is 19.9. The average molecular weight is 559 g/mol. The normalized spacial score (nSPS) is 11.0. The lowest BCUT2D eigenvalue weighted by atomic mass is 9.88. The van der Waals surface area contributed by atoms with Gasteiger partial charge in [-0.25, -0.2) is 9.59 Å². The molecule has 218 valence electrons. The van der Waals surface area contributed by atoms with Crippen LogP contribution in [0.3, 0.4) is 0 Å². The average Bonchev–Trinajstić information content (AvgIpc) is 3.01. The lowest BCUT2D eigenvalue weighted by molar-refractivity contribution is -0.140. The van der Waals surface area contributed by atoms with Crippen molar-refractivity contribution in [3.8, 4) is 11.1 Å². The van der Waals surface area contributed by atoms with Gasteiger partial charge in [0.05, 0.1) is 37.6 Å². The number of unbranched alkanes of at least 4 members (excludes halogenated alkanes) is 1.